The monoisotopic (exact) mass is 245 g/mol. The molecule has 0 saturated heterocycles. The third kappa shape index (κ3) is 1.13. The minimum Gasteiger partial charge on any atom is -0.324 e. The smallest absolute Gasteiger partial charge is 0.228 e. The van der Waals surface area contributed by atoms with E-state index in [1.54, 1.807) is 0 Å². The van der Waals surface area contributed by atoms with Gasteiger partial charge >= 0.3 is 0 Å². The Morgan fingerprint density at radius 2 is 2.25 bits per heavy atom. The second kappa shape index (κ2) is 2.75. The Labute approximate surface area is 83.0 Å². The molecule has 0 atom stereocenters. The first-order chi connectivity index (χ1) is 5.68. The predicted octanol–water partition coefficient (Wildman–Crippen LogP) is 2.60. The molecule has 1 aliphatic rings. The van der Waals surface area contributed by atoms with Crippen LogP contribution in [0.5, 0.6) is 0 Å². The number of amides is 1. The second-order valence-electron chi connectivity index (χ2n) is 2.62. The lowest BCUT2D eigenvalue weighted by atomic mass is 10.2. The largest absolute Gasteiger partial charge is 0.324 e. The minimum absolute atomic E-state index is 0.00463. The fraction of sp³-hybridized carbons (Fsp3) is 0.125. The first kappa shape index (κ1) is 8.08. The van der Waals surface area contributed by atoms with E-state index in [0.29, 0.717) is 11.4 Å². The summed E-state index contributed by atoms with van der Waals surface area (Å²) in [6.45, 7) is 0. The molecule has 1 heterocycles. The highest BCUT2D eigenvalue weighted by molar-refractivity contribution is 9.10. The SMILES string of the molecule is O=C1Cc2ccc(Br)c(Cl)c2N1. The third-order valence-electron chi connectivity index (χ3n) is 1.80. The number of hydrogen-bond donors (Lipinski definition) is 1. The van der Waals surface area contributed by atoms with Gasteiger partial charge < -0.3 is 5.32 Å². The lowest BCUT2D eigenvalue weighted by Gasteiger charge is -2.02. The van der Waals surface area contributed by atoms with Crippen LogP contribution in [0.3, 0.4) is 0 Å². The van der Waals surface area contributed by atoms with E-state index in [2.05, 4.69) is 21.2 Å². The number of carbonyl (C=O) groups excluding carboxylic acids is 1. The zero-order chi connectivity index (χ0) is 8.72. The van der Waals surface area contributed by atoms with Gasteiger partial charge in [0, 0.05) is 4.47 Å². The molecular formula is C8H5BrClNO. The number of halogens is 2. The molecular weight excluding hydrogens is 241 g/mol. The summed E-state index contributed by atoms with van der Waals surface area (Å²) < 4.78 is 0.810. The summed E-state index contributed by atoms with van der Waals surface area (Å²) in [6.07, 6.45) is 0.433. The Bertz CT molecular complexity index is 364. The van der Waals surface area contributed by atoms with Crippen LogP contribution in [0.15, 0.2) is 16.6 Å². The van der Waals surface area contributed by atoms with Crippen LogP contribution in [0.25, 0.3) is 0 Å². The van der Waals surface area contributed by atoms with Crippen LogP contribution in [0.2, 0.25) is 5.02 Å². The van der Waals surface area contributed by atoms with E-state index in [0.717, 1.165) is 15.7 Å². The molecule has 0 spiro atoms. The van der Waals surface area contributed by atoms with Crippen LogP contribution in [0.1, 0.15) is 5.56 Å². The zero-order valence-corrected chi connectivity index (χ0v) is 8.37. The molecule has 1 aromatic carbocycles. The van der Waals surface area contributed by atoms with Crippen LogP contribution >= 0.6 is 27.5 Å². The van der Waals surface area contributed by atoms with Crippen molar-refractivity contribution in [2.75, 3.05) is 5.32 Å². The summed E-state index contributed by atoms with van der Waals surface area (Å²) >= 11 is 9.23. The van der Waals surface area contributed by atoms with Crippen molar-refractivity contribution in [2.24, 2.45) is 0 Å². The maximum atomic E-state index is 11.0. The van der Waals surface area contributed by atoms with Gasteiger partial charge in [-0.25, -0.2) is 0 Å². The molecule has 0 fully saturated rings. The third-order valence-corrected chi connectivity index (χ3v) is 3.08. The van der Waals surface area contributed by atoms with E-state index >= 15 is 0 Å². The van der Waals surface area contributed by atoms with Crippen molar-refractivity contribution in [3.05, 3.63) is 27.2 Å². The number of benzene rings is 1. The Balaban J connectivity index is 2.61. The highest BCUT2D eigenvalue weighted by atomic mass is 79.9. The van der Waals surface area contributed by atoms with Gasteiger partial charge in [0.25, 0.3) is 0 Å². The van der Waals surface area contributed by atoms with Gasteiger partial charge in [-0.15, -0.1) is 0 Å². The molecule has 1 amide bonds. The molecule has 2 nitrogen and oxygen atoms in total. The van der Waals surface area contributed by atoms with E-state index in [1.807, 2.05) is 12.1 Å². The van der Waals surface area contributed by atoms with E-state index in [1.165, 1.54) is 0 Å². The molecule has 62 valence electrons. The number of fused-ring (bicyclic) bond motifs is 1. The molecule has 2 rings (SSSR count). The summed E-state index contributed by atoms with van der Waals surface area (Å²) in [5.41, 5.74) is 1.71. The van der Waals surface area contributed by atoms with Crippen LogP contribution in [-0.4, -0.2) is 5.91 Å². The van der Waals surface area contributed by atoms with Gasteiger partial charge in [0.15, 0.2) is 0 Å². The van der Waals surface area contributed by atoms with Crippen molar-refractivity contribution < 1.29 is 4.79 Å². The van der Waals surface area contributed by atoms with E-state index in [4.69, 9.17) is 11.6 Å². The molecule has 0 radical (unpaired) electrons. The number of carbonyl (C=O) groups is 1. The van der Waals surface area contributed by atoms with Crippen molar-refractivity contribution in [1.82, 2.24) is 0 Å². The Kier molecular flexibility index (Phi) is 1.85. The maximum absolute atomic E-state index is 11.0. The van der Waals surface area contributed by atoms with Crippen LogP contribution < -0.4 is 5.32 Å². The summed E-state index contributed by atoms with van der Waals surface area (Å²) in [6, 6.07) is 3.74. The molecule has 0 unspecified atom stereocenters. The highest BCUT2D eigenvalue weighted by Gasteiger charge is 2.20. The van der Waals surface area contributed by atoms with Gasteiger partial charge in [-0.05, 0) is 27.6 Å². The lowest BCUT2D eigenvalue weighted by Crippen LogP contribution is -2.03. The molecule has 0 bridgehead atoms. The van der Waals surface area contributed by atoms with Crippen LogP contribution in [0, 0.1) is 0 Å². The molecule has 0 aliphatic carbocycles. The molecule has 0 saturated carbocycles. The quantitative estimate of drug-likeness (QED) is 0.749. The van der Waals surface area contributed by atoms with E-state index in [9.17, 15) is 4.79 Å². The van der Waals surface area contributed by atoms with Crippen molar-refractivity contribution >= 4 is 39.1 Å². The molecule has 0 aromatic heterocycles. The number of nitrogens with one attached hydrogen (secondary N) is 1. The summed E-state index contributed by atoms with van der Waals surface area (Å²) in [4.78, 5) is 11.0. The van der Waals surface area contributed by atoms with Gasteiger partial charge in [0.1, 0.15) is 0 Å². The van der Waals surface area contributed by atoms with Crippen molar-refractivity contribution in [1.29, 1.82) is 0 Å². The Morgan fingerprint density at radius 1 is 1.50 bits per heavy atom. The topological polar surface area (TPSA) is 29.1 Å². The number of anilines is 1. The van der Waals surface area contributed by atoms with E-state index < -0.39 is 0 Å². The molecule has 12 heavy (non-hydrogen) atoms. The van der Waals surface area contributed by atoms with Gasteiger partial charge in [-0.2, -0.15) is 0 Å². The lowest BCUT2D eigenvalue weighted by molar-refractivity contribution is -0.115. The number of hydrogen-bond acceptors (Lipinski definition) is 1. The standard InChI is InChI=1S/C8H5BrClNO/c9-5-2-1-4-3-6(12)11-8(4)7(5)10/h1-2H,3H2,(H,11,12). The van der Waals surface area contributed by atoms with Crippen molar-refractivity contribution in [3.8, 4) is 0 Å². The first-order valence-corrected chi connectivity index (χ1v) is 4.62. The molecule has 4 heteroatoms. The highest BCUT2D eigenvalue weighted by Crippen LogP contribution is 2.36. The zero-order valence-electron chi connectivity index (χ0n) is 6.03. The first-order valence-electron chi connectivity index (χ1n) is 3.45. The van der Waals surface area contributed by atoms with Gasteiger partial charge in [-0.1, -0.05) is 17.7 Å². The fourth-order valence-corrected chi connectivity index (χ4v) is 1.79. The van der Waals surface area contributed by atoms with Gasteiger partial charge in [-0.3, -0.25) is 4.79 Å². The van der Waals surface area contributed by atoms with Gasteiger partial charge in [0.05, 0.1) is 17.1 Å². The van der Waals surface area contributed by atoms with Crippen LogP contribution in [0.4, 0.5) is 5.69 Å². The normalized spacial score (nSPS) is 14.3. The molecule has 1 aromatic rings. The average molecular weight is 246 g/mol. The molecule has 1 N–H and O–H groups in total. The minimum atomic E-state index is 0.00463. The second-order valence-corrected chi connectivity index (χ2v) is 3.85. The van der Waals surface area contributed by atoms with Crippen LogP contribution in [-0.2, 0) is 11.2 Å². The Hall–Kier alpha value is -0.540. The van der Waals surface area contributed by atoms with Crippen molar-refractivity contribution in [3.63, 3.8) is 0 Å². The predicted molar refractivity (Wildman–Crippen MR) is 51.5 cm³/mol. The van der Waals surface area contributed by atoms with Gasteiger partial charge in [0.2, 0.25) is 5.91 Å². The summed E-state index contributed by atoms with van der Waals surface area (Å²) in [7, 11) is 0. The summed E-state index contributed by atoms with van der Waals surface area (Å²) in [5, 5.41) is 3.29. The maximum Gasteiger partial charge on any atom is 0.228 e. The van der Waals surface area contributed by atoms with E-state index in [-0.39, 0.29) is 5.91 Å². The summed E-state index contributed by atoms with van der Waals surface area (Å²) in [5.74, 6) is 0.00463. The van der Waals surface area contributed by atoms with Crippen molar-refractivity contribution in [2.45, 2.75) is 6.42 Å². The number of rotatable bonds is 0. The fourth-order valence-electron chi connectivity index (χ4n) is 1.23. The average Bonchev–Trinajstić information content (AvgIpc) is 2.39. The molecule has 1 aliphatic heterocycles. The Morgan fingerprint density at radius 3 is 3.00 bits per heavy atom.